The summed E-state index contributed by atoms with van der Waals surface area (Å²) in [5.74, 6) is 0.177. The highest BCUT2D eigenvalue weighted by Gasteiger charge is 2.25. The van der Waals surface area contributed by atoms with Crippen LogP contribution >= 0.6 is 11.8 Å². The van der Waals surface area contributed by atoms with E-state index in [-0.39, 0.29) is 22.8 Å². The molecule has 1 atom stereocenters. The Morgan fingerprint density at radius 3 is 2.50 bits per heavy atom. The molecule has 0 bridgehead atoms. The molecule has 9 heteroatoms. The van der Waals surface area contributed by atoms with Crippen LogP contribution in [-0.4, -0.2) is 33.6 Å². The molecule has 0 spiro atoms. The highest BCUT2D eigenvalue weighted by Crippen LogP contribution is 2.24. The molecule has 0 aliphatic heterocycles. The fourth-order valence-electron chi connectivity index (χ4n) is 3.12. The van der Waals surface area contributed by atoms with Crippen molar-refractivity contribution in [1.29, 1.82) is 0 Å². The van der Waals surface area contributed by atoms with Crippen LogP contribution in [0.4, 0.5) is 10.5 Å². The largest absolute Gasteiger partial charge is 0.444 e. The molecule has 2 aromatic carbocycles. The number of rotatable bonds is 8. The number of alkyl carbamates (subject to hydrolysis) is 1. The average Bonchev–Trinajstić information content (AvgIpc) is 3.24. The molecule has 180 valence electrons. The number of ether oxygens (including phenoxy) is 1. The third-order valence-electron chi connectivity index (χ3n) is 4.90. The van der Waals surface area contributed by atoms with E-state index in [1.54, 1.807) is 20.8 Å². The van der Waals surface area contributed by atoms with Gasteiger partial charge in [0, 0.05) is 12.1 Å². The second-order valence-electron chi connectivity index (χ2n) is 8.88. The summed E-state index contributed by atoms with van der Waals surface area (Å²) in [4.78, 5) is 24.8. The van der Waals surface area contributed by atoms with Crippen LogP contribution in [0.3, 0.4) is 0 Å². The Hall–Kier alpha value is -3.33. The average molecular weight is 483 g/mol. The predicted molar refractivity (Wildman–Crippen MR) is 132 cm³/mol. The van der Waals surface area contributed by atoms with Gasteiger partial charge < -0.3 is 19.8 Å². The number of nitrogens with zero attached hydrogens (tertiary/aromatic N) is 2. The van der Waals surface area contributed by atoms with Gasteiger partial charge in [-0.15, -0.1) is 10.2 Å². The number of thioether (sulfide) groups is 1. The van der Waals surface area contributed by atoms with E-state index >= 15 is 0 Å². The van der Waals surface area contributed by atoms with Gasteiger partial charge in [-0.05, 0) is 57.4 Å². The molecule has 2 N–H and O–H groups in total. The molecule has 0 fully saturated rings. The minimum Gasteiger partial charge on any atom is -0.444 e. The predicted octanol–water partition coefficient (Wildman–Crippen LogP) is 5.23. The van der Waals surface area contributed by atoms with E-state index in [0.29, 0.717) is 6.42 Å². The fourth-order valence-corrected chi connectivity index (χ4v) is 3.69. The first kappa shape index (κ1) is 25.3. The zero-order valence-corrected chi connectivity index (χ0v) is 20.9. The number of amides is 2. The fraction of sp³-hybridized carbons (Fsp3) is 0.360. The van der Waals surface area contributed by atoms with Gasteiger partial charge in [0.05, 0.1) is 5.75 Å². The third kappa shape index (κ3) is 7.62. The van der Waals surface area contributed by atoms with E-state index in [4.69, 9.17) is 9.15 Å². The first-order chi connectivity index (χ1) is 16.1. The van der Waals surface area contributed by atoms with E-state index in [2.05, 4.69) is 20.8 Å². The van der Waals surface area contributed by atoms with Gasteiger partial charge in [0.1, 0.15) is 11.6 Å². The van der Waals surface area contributed by atoms with Crippen LogP contribution in [0.25, 0.3) is 0 Å². The Bertz CT molecular complexity index is 1130. The first-order valence-corrected chi connectivity index (χ1v) is 11.9. The number of hydrogen-bond donors (Lipinski definition) is 2. The van der Waals surface area contributed by atoms with Crippen molar-refractivity contribution in [3.05, 3.63) is 71.1 Å². The summed E-state index contributed by atoms with van der Waals surface area (Å²) in [6.45, 7) is 9.35. The van der Waals surface area contributed by atoms with Crippen molar-refractivity contribution in [2.75, 3.05) is 11.1 Å². The Balaban J connectivity index is 1.65. The number of aromatic nitrogens is 2. The number of carbonyl (C=O) groups is 2. The summed E-state index contributed by atoms with van der Waals surface area (Å²) in [5, 5.41) is 14.1. The van der Waals surface area contributed by atoms with Crippen molar-refractivity contribution in [3.8, 4) is 0 Å². The number of anilines is 1. The molecule has 3 rings (SSSR count). The Morgan fingerprint density at radius 2 is 1.79 bits per heavy atom. The molecule has 0 aliphatic rings. The maximum absolute atomic E-state index is 12.4. The van der Waals surface area contributed by atoms with E-state index in [1.807, 2.05) is 62.4 Å². The highest BCUT2D eigenvalue weighted by atomic mass is 32.2. The molecule has 0 saturated heterocycles. The number of hydrogen-bond acceptors (Lipinski definition) is 7. The summed E-state index contributed by atoms with van der Waals surface area (Å²) >= 11 is 1.13. The van der Waals surface area contributed by atoms with Gasteiger partial charge in [0.15, 0.2) is 0 Å². The quantitative estimate of drug-likeness (QED) is 0.424. The molecule has 1 aromatic heterocycles. The zero-order chi connectivity index (χ0) is 24.7. The molecule has 1 heterocycles. The second-order valence-corrected chi connectivity index (χ2v) is 9.81. The monoisotopic (exact) mass is 482 g/mol. The van der Waals surface area contributed by atoms with Crippen LogP contribution in [-0.2, 0) is 16.0 Å². The summed E-state index contributed by atoms with van der Waals surface area (Å²) in [7, 11) is 0. The van der Waals surface area contributed by atoms with Crippen molar-refractivity contribution in [2.45, 2.75) is 57.9 Å². The van der Waals surface area contributed by atoms with Gasteiger partial charge in [0.2, 0.25) is 11.8 Å². The lowest BCUT2D eigenvalue weighted by atomic mass is 10.1. The molecule has 3 aromatic rings. The van der Waals surface area contributed by atoms with Crippen LogP contribution < -0.4 is 10.6 Å². The van der Waals surface area contributed by atoms with Crippen LogP contribution in [0.1, 0.15) is 49.4 Å². The topological polar surface area (TPSA) is 106 Å². The molecule has 0 aliphatic carbocycles. The lowest BCUT2D eigenvalue weighted by Crippen LogP contribution is -2.36. The van der Waals surface area contributed by atoms with Crippen LogP contribution in [0.5, 0.6) is 0 Å². The second kappa shape index (κ2) is 11.2. The van der Waals surface area contributed by atoms with Gasteiger partial charge in [0.25, 0.3) is 5.22 Å². The Kier molecular flexibility index (Phi) is 8.33. The number of carbonyl (C=O) groups excluding carboxylic acids is 2. The first-order valence-electron chi connectivity index (χ1n) is 11.0. The van der Waals surface area contributed by atoms with Crippen LogP contribution in [0.15, 0.2) is 58.2 Å². The van der Waals surface area contributed by atoms with Crippen molar-refractivity contribution < 1.29 is 18.7 Å². The smallest absolute Gasteiger partial charge is 0.408 e. The maximum atomic E-state index is 12.4. The van der Waals surface area contributed by atoms with Gasteiger partial charge >= 0.3 is 6.09 Å². The van der Waals surface area contributed by atoms with Crippen molar-refractivity contribution in [1.82, 2.24) is 15.5 Å². The minimum absolute atomic E-state index is 0.109. The van der Waals surface area contributed by atoms with E-state index < -0.39 is 17.7 Å². The van der Waals surface area contributed by atoms with Crippen LogP contribution in [0, 0.1) is 13.8 Å². The van der Waals surface area contributed by atoms with E-state index in [0.717, 1.165) is 34.1 Å². The zero-order valence-electron chi connectivity index (χ0n) is 20.0. The Labute approximate surface area is 203 Å². The third-order valence-corrected chi connectivity index (χ3v) is 5.72. The molecule has 34 heavy (non-hydrogen) atoms. The van der Waals surface area contributed by atoms with E-state index in [1.165, 1.54) is 0 Å². The van der Waals surface area contributed by atoms with Gasteiger partial charge in [-0.25, -0.2) is 4.79 Å². The lowest BCUT2D eigenvalue weighted by Gasteiger charge is -2.22. The normalized spacial score (nSPS) is 12.1. The maximum Gasteiger partial charge on any atom is 0.408 e. The summed E-state index contributed by atoms with van der Waals surface area (Å²) in [6.07, 6.45) is -0.131. The molecule has 8 nitrogen and oxygen atoms in total. The van der Waals surface area contributed by atoms with Gasteiger partial charge in [-0.3, -0.25) is 4.79 Å². The van der Waals surface area contributed by atoms with E-state index in [9.17, 15) is 9.59 Å². The number of nitrogens with one attached hydrogen (secondary N) is 2. The molecular formula is C25H30N4O4S. The lowest BCUT2D eigenvalue weighted by molar-refractivity contribution is -0.113. The molecule has 0 saturated carbocycles. The molecule has 0 radical (unpaired) electrons. The molecule has 0 unspecified atom stereocenters. The number of aryl methyl sites for hydroxylation is 1. The summed E-state index contributed by atoms with van der Waals surface area (Å²) in [6, 6.07) is 14.9. The van der Waals surface area contributed by atoms with Gasteiger partial charge in [-0.1, -0.05) is 54.2 Å². The number of benzene rings is 2. The Morgan fingerprint density at radius 1 is 1.06 bits per heavy atom. The summed E-state index contributed by atoms with van der Waals surface area (Å²) < 4.78 is 11.2. The SMILES string of the molecule is Cc1cccc(NC(=O)CSc2nnc([C@H](Cc3ccccc3)NC(=O)OC(C)(C)C)o2)c1C. The molecule has 2 amide bonds. The summed E-state index contributed by atoms with van der Waals surface area (Å²) in [5.41, 5.74) is 3.26. The molecular weight excluding hydrogens is 452 g/mol. The van der Waals surface area contributed by atoms with Crippen molar-refractivity contribution in [3.63, 3.8) is 0 Å². The minimum atomic E-state index is -0.639. The van der Waals surface area contributed by atoms with Crippen molar-refractivity contribution >= 4 is 29.4 Å². The van der Waals surface area contributed by atoms with Crippen molar-refractivity contribution in [2.24, 2.45) is 0 Å². The van der Waals surface area contributed by atoms with Gasteiger partial charge in [-0.2, -0.15) is 0 Å². The highest BCUT2D eigenvalue weighted by molar-refractivity contribution is 7.99. The van der Waals surface area contributed by atoms with Crippen LogP contribution in [0.2, 0.25) is 0 Å². The standard InChI is InChI=1S/C25H30N4O4S/c1-16-10-9-13-19(17(16)2)26-21(30)15-34-24-29-28-22(32-24)20(14-18-11-7-6-8-12-18)27-23(31)33-25(3,4)5/h6-13,20H,14-15H2,1-5H3,(H,26,30)(H,27,31)/t20-/m0/s1.